The highest BCUT2D eigenvalue weighted by Crippen LogP contribution is 2.22. The van der Waals surface area contributed by atoms with Crippen molar-refractivity contribution in [1.82, 2.24) is 19.8 Å². The van der Waals surface area contributed by atoms with Gasteiger partial charge in [-0.05, 0) is 102 Å². The minimum Gasteiger partial charge on any atom is -0.494 e. The van der Waals surface area contributed by atoms with Crippen molar-refractivity contribution in [2.75, 3.05) is 26.2 Å². The van der Waals surface area contributed by atoms with Gasteiger partial charge >= 0.3 is 0 Å². The summed E-state index contributed by atoms with van der Waals surface area (Å²) in [6.45, 7) is 12.5. The third-order valence-electron chi connectivity index (χ3n) is 6.69. The SMILES string of the molecule is CCOc1ccc(-n2c([C@@H](C)NCC3CCN(C(C)C)CC3)nc3ccccc3c2=O)cc1. The standard InChI is InChI=1S/C27H36N4O2/c1-5-33-23-12-10-22(11-13-23)31-26(29-25-9-7-6-8-24(25)27(31)32)20(4)28-18-21-14-16-30(17-15-21)19(2)3/h6-13,19-21,28H,5,14-18H2,1-4H3/t20-/m1/s1. The molecule has 6 nitrogen and oxygen atoms in total. The molecule has 33 heavy (non-hydrogen) atoms. The molecule has 1 aliphatic heterocycles. The summed E-state index contributed by atoms with van der Waals surface area (Å²) in [4.78, 5) is 21.0. The fourth-order valence-electron chi connectivity index (χ4n) is 4.66. The zero-order chi connectivity index (χ0) is 23.4. The number of hydrogen-bond acceptors (Lipinski definition) is 5. The number of nitrogens with one attached hydrogen (secondary N) is 1. The van der Waals surface area contributed by atoms with E-state index in [2.05, 4.69) is 31.0 Å². The van der Waals surface area contributed by atoms with Crippen molar-refractivity contribution < 1.29 is 4.74 Å². The average molecular weight is 449 g/mol. The molecule has 176 valence electrons. The van der Waals surface area contributed by atoms with Crippen LogP contribution < -0.4 is 15.6 Å². The van der Waals surface area contributed by atoms with Crippen LogP contribution in [-0.4, -0.2) is 46.7 Å². The van der Waals surface area contributed by atoms with Crippen LogP contribution in [0.5, 0.6) is 5.75 Å². The Morgan fingerprint density at radius 3 is 2.42 bits per heavy atom. The molecule has 1 fully saturated rings. The van der Waals surface area contributed by atoms with Crippen molar-refractivity contribution in [1.29, 1.82) is 0 Å². The van der Waals surface area contributed by atoms with E-state index in [0.29, 0.717) is 24.0 Å². The first-order valence-corrected chi connectivity index (χ1v) is 12.2. The predicted octanol–water partition coefficient (Wildman–Crippen LogP) is 4.56. The number of piperidine rings is 1. The van der Waals surface area contributed by atoms with Crippen molar-refractivity contribution in [3.05, 3.63) is 64.7 Å². The van der Waals surface area contributed by atoms with Gasteiger partial charge in [0, 0.05) is 6.04 Å². The monoisotopic (exact) mass is 448 g/mol. The summed E-state index contributed by atoms with van der Waals surface area (Å²) in [6, 6.07) is 15.8. The van der Waals surface area contributed by atoms with Crippen molar-refractivity contribution in [2.24, 2.45) is 5.92 Å². The van der Waals surface area contributed by atoms with Crippen LogP contribution in [0.15, 0.2) is 53.3 Å². The first-order chi connectivity index (χ1) is 16.0. The van der Waals surface area contributed by atoms with Gasteiger partial charge in [-0.3, -0.25) is 9.36 Å². The van der Waals surface area contributed by atoms with Gasteiger partial charge in [-0.25, -0.2) is 4.98 Å². The summed E-state index contributed by atoms with van der Waals surface area (Å²) >= 11 is 0. The largest absolute Gasteiger partial charge is 0.494 e. The van der Waals surface area contributed by atoms with E-state index in [-0.39, 0.29) is 11.6 Å². The predicted molar refractivity (Wildman–Crippen MR) is 134 cm³/mol. The normalized spacial score (nSPS) is 16.4. The van der Waals surface area contributed by atoms with E-state index in [1.165, 1.54) is 12.8 Å². The Bertz CT molecular complexity index is 1120. The summed E-state index contributed by atoms with van der Waals surface area (Å²) in [5.41, 5.74) is 1.49. The summed E-state index contributed by atoms with van der Waals surface area (Å²) in [7, 11) is 0. The lowest BCUT2D eigenvalue weighted by atomic mass is 9.95. The van der Waals surface area contributed by atoms with Gasteiger partial charge in [0.15, 0.2) is 0 Å². The smallest absolute Gasteiger partial charge is 0.266 e. The maximum Gasteiger partial charge on any atom is 0.266 e. The lowest BCUT2D eigenvalue weighted by Gasteiger charge is -2.35. The zero-order valence-electron chi connectivity index (χ0n) is 20.3. The van der Waals surface area contributed by atoms with E-state index in [1.807, 2.05) is 55.5 Å². The number of benzene rings is 2. The average Bonchev–Trinajstić information content (AvgIpc) is 2.83. The van der Waals surface area contributed by atoms with Gasteiger partial charge in [-0.2, -0.15) is 0 Å². The second kappa shape index (κ2) is 10.5. The van der Waals surface area contributed by atoms with E-state index in [1.54, 1.807) is 4.57 Å². The van der Waals surface area contributed by atoms with Crippen LogP contribution in [0.2, 0.25) is 0 Å². The molecular formula is C27H36N4O2. The molecule has 1 aromatic heterocycles. The summed E-state index contributed by atoms with van der Waals surface area (Å²) in [5, 5.41) is 4.31. The van der Waals surface area contributed by atoms with Gasteiger partial charge in [0.25, 0.3) is 5.56 Å². The van der Waals surface area contributed by atoms with Crippen molar-refractivity contribution in [3.8, 4) is 11.4 Å². The first kappa shape index (κ1) is 23.5. The van der Waals surface area contributed by atoms with E-state index in [0.717, 1.165) is 42.4 Å². The highest BCUT2D eigenvalue weighted by molar-refractivity contribution is 5.77. The Labute approximate surface area is 196 Å². The molecule has 3 aromatic rings. The Hall–Kier alpha value is -2.70. The van der Waals surface area contributed by atoms with Gasteiger partial charge in [-0.1, -0.05) is 12.1 Å². The Morgan fingerprint density at radius 2 is 1.76 bits per heavy atom. The van der Waals surface area contributed by atoms with Crippen LogP contribution in [0.25, 0.3) is 16.6 Å². The van der Waals surface area contributed by atoms with Crippen molar-refractivity contribution >= 4 is 10.9 Å². The lowest BCUT2D eigenvalue weighted by Crippen LogP contribution is -2.41. The van der Waals surface area contributed by atoms with Crippen LogP contribution >= 0.6 is 0 Å². The number of hydrogen-bond donors (Lipinski definition) is 1. The minimum absolute atomic E-state index is 0.0429. The van der Waals surface area contributed by atoms with Crippen molar-refractivity contribution in [3.63, 3.8) is 0 Å². The lowest BCUT2D eigenvalue weighted by molar-refractivity contribution is 0.147. The molecule has 6 heteroatoms. The van der Waals surface area contributed by atoms with Crippen LogP contribution in [-0.2, 0) is 0 Å². The number of para-hydroxylation sites is 1. The van der Waals surface area contributed by atoms with E-state index in [9.17, 15) is 4.79 Å². The first-order valence-electron chi connectivity index (χ1n) is 12.2. The van der Waals surface area contributed by atoms with E-state index in [4.69, 9.17) is 9.72 Å². The molecule has 0 aliphatic carbocycles. The third kappa shape index (κ3) is 5.28. The van der Waals surface area contributed by atoms with Crippen LogP contribution in [0.1, 0.15) is 52.4 Å². The molecule has 1 N–H and O–H groups in total. The molecule has 1 aliphatic rings. The van der Waals surface area contributed by atoms with Gasteiger partial charge in [0.05, 0.1) is 29.2 Å². The molecule has 4 rings (SSSR count). The van der Waals surface area contributed by atoms with Gasteiger partial charge in [0.2, 0.25) is 0 Å². The Kier molecular flexibility index (Phi) is 7.46. The third-order valence-corrected chi connectivity index (χ3v) is 6.69. The summed E-state index contributed by atoms with van der Waals surface area (Å²) < 4.78 is 7.33. The molecule has 0 radical (unpaired) electrons. The Balaban J connectivity index is 1.60. The van der Waals surface area contributed by atoms with E-state index < -0.39 is 0 Å². The quantitative estimate of drug-likeness (QED) is 0.548. The van der Waals surface area contributed by atoms with Gasteiger partial charge in [0.1, 0.15) is 11.6 Å². The fraction of sp³-hybridized carbons (Fsp3) is 0.481. The molecule has 1 atom stereocenters. The number of rotatable bonds is 8. The van der Waals surface area contributed by atoms with Crippen LogP contribution in [0.4, 0.5) is 0 Å². The number of nitrogens with zero attached hydrogens (tertiary/aromatic N) is 3. The topological polar surface area (TPSA) is 59.4 Å². The van der Waals surface area contributed by atoms with Gasteiger partial charge in [-0.15, -0.1) is 0 Å². The highest BCUT2D eigenvalue weighted by Gasteiger charge is 2.23. The van der Waals surface area contributed by atoms with Crippen molar-refractivity contribution in [2.45, 2.75) is 52.6 Å². The number of likely N-dealkylation sites (tertiary alicyclic amines) is 1. The summed E-state index contributed by atoms with van der Waals surface area (Å²) in [5.74, 6) is 2.18. The van der Waals surface area contributed by atoms with Gasteiger partial charge < -0.3 is 15.0 Å². The maximum absolute atomic E-state index is 13.5. The molecule has 1 saturated heterocycles. The Morgan fingerprint density at radius 1 is 1.06 bits per heavy atom. The maximum atomic E-state index is 13.5. The van der Waals surface area contributed by atoms with E-state index >= 15 is 0 Å². The molecule has 0 spiro atoms. The molecule has 0 amide bonds. The number of fused-ring (bicyclic) bond motifs is 1. The molecular weight excluding hydrogens is 412 g/mol. The molecule has 2 heterocycles. The zero-order valence-corrected chi connectivity index (χ0v) is 20.3. The number of aromatic nitrogens is 2. The fourth-order valence-corrected chi connectivity index (χ4v) is 4.66. The van der Waals surface area contributed by atoms with Crippen LogP contribution in [0.3, 0.4) is 0 Å². The minimum atomic E-state index is -0.0583. The molecule has 0 saturated carbocycles. The molecule has 0 bridgehead atoms. The molecule has 2 aromatic carbocycles. The van der Waals surface area contributed by atoms with Crippen LogP contribution in [0, 0.1) is 5.92 Å². The highest BCUT2D eigenvalue weighted by atomic mass is 16.5. The second-order valence-corrected chi connectivity index (χ2v) is 9.26. The molecule has 0 unspecified atom stereocenters. The summed E-state index contributed by atoms with van der Waals surface area (Å²) in [6.07, 6.45) is 2.41. The second-order valence-electron chi connectivity index (χ2n) is 9.26. The number of ether oxygens (including phenoxy) is 1.